The summed E-state index contributed by atoms with van der Waals surface area (Å²) in [6, 6.07) is 0. The van der Waals surface area contributed by atoms with Crippen molar-refractivity contribution in [2.75, 3.05) is 0 Å². The van der Waals surface area contributed by atoms with E-state index in [0.717, 1.165) is 0 Å². The smallest absolute Gasteiger partial charge is 0.137 e. The molecule has 0 spiro atoms. The third-order valence-corrected chi connectivity index (χ3v) is 0. The van der Waals surface area contributed by atoms with Crippen LogP contribution in [0.3, 0.4) is 0 Å². The van der Waals surface area contributed by atoms with Crippen LogP contribution in [0.25, 0.3) is 0 Å². The maximum atomic E-state index is 5.14. The van der Waals surface area contributed by atoms with E-state index in [0.29, 0.717) is 0 Å². The summed E-state index contributed by atoms with van der Waals surface area (Å²) in [6.45, 7) is 0. The molecule has 1 atom stereocenters. The fourth-order valence-electron chi connectivity index (χ4n) is 0. The largest absolute Gasteiger partial charge is 0.169 e. The number of thiol groups is 1. The van der Waals surface area contributed by atoms with Crippen LogP contribution >= 0.6 is 24.2 Å². The summed E-state index contributed by atoms with van der Waals surface area (Å²) in [7, 11) is 1.80. The van der Waals surface area contributed by atoms with Crippen LogP contribution < -0.4 is 0 Å². The van der Waals surface area contributed by atoms with E-state index >= 15 is 0 Å². The molecule has 0 aromatic carbocycles. The van der Waals surface area contributed by atoms with E-state index in [-0.39, 0.29) is 4.61 Å². The zero-order chi connectivity index (χ0) is 3.58. The quantitative estimate of drug-likeness (QED) is 0.245. The molecule has 0 saturated heterocycles. The Morgan fingerprint density at radius 3 is 2.00 bits per heavy atom. The summed E-state index contributed by atoms with van der Waals surface area (Å²) in [5.41, 5.74) is 0. The van der Waals surface area contributed by atoms with Crippen molar-refractivity contribution in [3.05, 3.63) is 0 Å². The van der Waals surface area contributed by atoms with Crippen LogP contribution in [0.15, 0.2) is 0 Å². The molecule has 0 saturated carbocycles. The minimum absolute atomic E-state index is 0.000000000000000222. The molecule has 0 aromatic rings. The lowest BCUT2D eigenvalue weighted by molar-refractivity contribution is 2.02. The standard InChI is InChI=1S/CH4BClS/c2-1(3)4/h1,4H,2H2. The normalized spacial score (nSPS) is 15.5. The molecule has 0 aliphatic rings. The summed E-state index contributed by atoms with van der Waals surface area (Å²) >= 11 is 8.87. The molecule has 0 N–H and O–H groups in total. The average molecular weight is 94.4 g/mol. The molecular weight excluding hydrogens is 90.3 g/mol. The maximum absolute atomic E-state index is 5.14. The summed E-state index contributed by atoms with van der Waals surface area (Å²) in [5, 5.41) is 0. The van der Waals surface area contributed by atoms with Gasteiger partial charge in [0.1, 0.15) is 7.85 Å². The monoisotopic (exact) mass is 94.0 g/mol. The lowest BCUT2D eigenvalue weighted by Gasteiger charge is -1.74. The molecule has 0 bridgehead atoms. The molecule has 0 fully saturated rings. The predicted molar refractivity (Wildman–Crippen MR) is 27.2 cm³/mol. The number of rotatable bonds is 0. The minimum Gasteiger partial charge on any atom is -0.169 e. The van der Waals surface area contributed by atoms with Gasteiger partial charge in [0.25, 0.3) is 0 Å². The van der Waals surface area contributed by atoms with Gasteiger partial charge in [-0.1, -0.05) is 0 Å². The van der Waals surface area contributed by atoms with Crippen molar-refractivity contribution in [2.45, 2.75) is 4.61 Å². The Morgan fingerprint density at radius 2 is 2.00 bits per heavy atom. The molecule has 0 aliphatic carbocycles. The van der Waals surface area contributed by atoms with E-state index in [1.807, 2.05) is 0 Å². The van der Waals surface area contributed by atoms with Gasteiger partial charge in [0.15, 0.2) is 0 Å². The van der Waals surface area contributed by atoms with Gasteiger partial charge in [-0.2, -0.15) is 12.6 Å². The second-order valence-corrected chi connectivity index (χ2v) is 2.31. The highest BCUT2D eigenvalue weighted by atomic mass is 35.5. The van der Waals surface area contributed by atoms with Gasteiger partial charge >= 0.3 is 0 Å². The minimum atomic E-state index is -0.000000000000000222. The molecule has 24 valence electrons. The first-order valence-corrected chi connectivity index (χ1v) is 2.01. The first kappa shape index (κ1) is 4.70. The molecular formula is CH4BClS. The number of hydrogen-bond donors (Lipinski definition) is 1. The zero-order valence-electron chi connectivity index (χ0n) is 2.40. The van der Waals surface area contributed by atoms with Crippen LogP contribution in [0.5, 0.6) is 0 Å². The van der Waals surface area contributed by atoms with Gasteiger partial charge in [-0.25, -0.2) is 0 Å². The van der Waals surface area contributed by atoms with Gasteiger partial charge in [0.2, 0.25) is 0 Å². The summed E-state index contributed by atoms with van der Waals surface area (Å²) in [6.07, 6.45) is 0. The Hall–Kier alpha value is 0.705. The molecule has 0 rings (SSSR count). The van der Waals surface area contributed by atoms with E-state index in [2.05, 4.69) is 12.6 Å². The van der Waals surface area contributed by atoms with E-state index in [1.165, 1.54) is 0 Å². The second kappa shape index (κ2) is 1.97. The van der Waals surface area contributed by atoms with E-state index in [1.54, 1.807) is 7.85 Å². The molecule has 0 aliphatic heterocycles. The molecule has 3 heteroatoms. The molecule has 1 unspecified atom stereocenters. The number of alkyl halides is 1. The van der Waals surface area contributed by atoms with E-state index in [9.17, 15) is 0 Å². The third kappa shape index (κ3) is 15.8. The second-order valence-electron chi connectivity index (χ2n) is 0.574. The molecule has 4 heavy (non-hydrogen) atoms. The van der Waals surface area contributed by atoms with E-state index in [4.69, 9.17) is 11.6 Å². The first-order chi connectivity index (χ1) is 1.73. The van der Waals surface area contributed by atoms with Crippen LogP contribution in [0.1, 0.15) is 0 Å². The molecule has 0 amide bonds. The van der Waals surface area contributed by atoms with Gasteiger partial charge in [-0.05, 0) is 0 Å². The van der Waals surface area contributed by atoms with Crippen molar-refractivity contribution in [3.8, 4) is 0 Å². The van der Waals surface area contributed by atoms with Crippen LogP contribution in [0.4, 0.5) is 0 Å². The van der Waals surface area contributed by atoms with Crippen molar-refractivity contribution >= 4 is 32.1 Å². The lowest BCUT2D eigenvalue weighted by atomic mass is 10.2. The Kier molecular flexibility index (Phi) is 2.32. The van der Waals surface area contributed by atoms with E-state index < -0.39 is 0 Å². The summed E-state index contributed by atoms with van der Waals surface area (Å²) < 4.78 is -0.000000000000000222. The van der Waals surface area contributed by atoms with Crippen molar-refractivity contribution < 1.29 is 0 Å². The van der Waals surface area contributed by atoms with Crippen molar-refractivity contribution in [2.24, 2.45) is 0 Å². The van der Waals surface area contributed by atoms with Gasteiger partial charge in [-0.15, -0.1) is 11.6 Å². The van der Waals surface area contributed by atoms with Gasteiger partial charge in [0, 0.05) is 4.61 Å². The molecule has 0 aromatic heterocycles. The molecule has 0 radical (unpaired) electrons. The van der Waals surface area contributed by atoms with Crippen LogP contribution in [0.2, 0.25) is 0 Å². The van der Waals surface area contributed by atoms with Crippen molar-refractivity contribution in [1.82, 2.24) is 0 Å². The van der Waals surface area contributed by atoms with Gasteiger partial charge in [0.05, 0.1) is 0 Å². The Balaban J connectivity index is 2.32. The highest BCUT2D eigenvalue weighted by Gasteiger charge is 1.73. The topological polar surface area (TPSA) is 0 Å². The number of hydrogen-bond acceptors (Lipinski definition) is 1. The Bertz CT molecular complexity index is 12.8. The molecule has 0 heterocycles. The van der Waals surface area contributed by atoms with Crippen molar-refractivity contribution in [1.29, 1.82) is 0 Å². The fourth-order valence-corrected chi connectivity index (χ4v) is 0. The Morgan fingerprint density at radius 1 is 2.00 bits per heavy atom. The van der Waals surface area contributed by atoms with Crippen LogP contribution in [-0.4, -0.2) is 12.5 Å². The van der Waals surface area contributed by atoms with Crippen LogP contribution in [0, 0.1) is 0 Å². The van der Waals surface area contributed by atoms with Crippen molar-refractivity contribution in [3.63, 3.8) is 0 Å². The highest BCUT2D eigenvalue weighted by molar-refractivity contribution is 7.83. The van der Waals surface area contributed by atoms with Gasteiger partial charge in [-0.3, -0.25) is 0 Å². The van der Waals surface area contributed by atoms with Crippen LogP contribution in [-0.2, 0) is 0 Å². The first-order valence-electron chi connectivity index (χ1n) is 1.05. The number of halogens is 1. The predicted octanol–water partition coefficient (Wildman–Crippen LogP) is 0.0717. The zero-order valence-corrected chi connectivity index (χ0v) is 4.05. The SMILES string of the molecule is BC(S)Cl. The third-order valence-electron chi connectivity index (χ3n) is 0. The lowest BCUT2D eigenvalue weighted by Crippen LogP contribution is -1.76. The average Bonchev–Trinajstić information content (AvgIpc) is 0.811. The molecule has 0 nitrogen and oxygen atoms in total. The maximum Gasteiger partial charge on any atom is 0.137 e. The highest BCUT2D eigenvalue weighted by Crippen LogP contribution is 1.88. The fraction of sp³-hybridized carbons (Fsp3) is 1.00. The summed E-state index contributed by atoms with van der Waals surface area (Å²) in [4.78, 5) is 0. The van der Waals surface area contributed by atoms with Gasteiger partial charge < -0.3 is 0 Å². The Labute approximate surface area is 37.3 Å². The summed E-state index contributed by atoms with van der Waals surface area (Å²) in [5.74, 6) is 0.